The molecule has 0 radical (unpaired) electrons. The van der Waals surface area contributed by atoms with Gasteiger partial charge >= 0.3 is 0 Å². The van der Waals surface area contributed by atoms with E-state index >= 15 is 0 Å². The van der Waals surface area contributed by atoms with Crippen molar-refractivity contribution in [2.45, 2.75) is 0 Å². The topological polar surface area (TPSA) is 35.5 Å². The number of para-hydroxylation sites is 1. The van der Waals surface area contributed by atoms with E-state index in [1.807, 2.05) is 23.6 Å². The predicted molar refractivity (Wildman–Crippen MR) is 84.9 cm³/mol. The number of benzene rings is 1. The van der Waals surface area contributed by atoms with Gasteiger partial charge in [-0.3, -0.25) is 4.79 Å². The molecule has 0 fully saturated rings. The van der Waals surface area contributed by atoms with E-state index < -0.39 is 0 Å². The second-order valence-electron chi connectivity index (χ2n) is 3.91. The largest absolute Gasteiger partial charge is 0.493 e. The summed E-state index contributed by atoms with van der Waals surface area (Å²) in [5, 5.41) is 1.88. The Balaban J connectivity index is 2.25. The first-order valence-corrected chi connectivity index (χ1v) is 7.50. The number of thiophene rings is 1. The van der Waals surface area contributed by atoms with Crippen LogP contribution in [0, 0.1) is 0 Å². The molecule has 3 nitrogen and oxygen atoms in total. The zero-order valence-corrected chi connectivity index (χ0v) is 13.5. The maximum Gasteiger partial charge on any atom is 0.195 e. The van der Waals surface area contributed by atoms with Gasteiger partial charge in [0.1, 0.15) is 0 Å². The third-order valence-electron chi connectivity index (χ3n) is 2.66. The van der Waals surface area contributed by atoms with Crippen molar-refractivity contribution in [2.24, 2.45) is 0 Å². The van der Waals surface area contributed by atoms with Gasteiger partial charge in [0.05, 0.1) is 19.1 Å². The van der Waals surface area contributed by atoms with Crippen LogP contribution >= 0.6 is 27.3 Å². The van der Waals surface area contributed by atoms with E-state index in [2.05, 4.69) is 15.9 Å². The van der Waals surface area contributed by atoms with Gasteiger partial charge in [-0.1, -0.05) is 12.1 Å². The summed E-state index contributed by atoms with van der Waals surface area (Å²) in [5.74, 6) is 1.22. The van der Waals surface area contributed by atoms with Gasteiger partial charge < -0.3 is 9.47 Å². The van der Waals surface area contributed by atoms with Crippen molar-refractivity contribution < 1.29 is 14.3 Å². The lowest BCUT2D eigenvalue weighted by Crippen LogP contribution is -1.93. The van der Waals surface area contributed by atoms with Crippen LogP contribution < -0.4 is 9.47 Å². The number of carbonyl (C=O) groups excluding carboxylic acids is 1. The van der Waals surface area contributed by atoms with E-state index in [0.29, 0.717) is 16.4 Å². The highest BCUT2D eigenvalue weighted by atomic mass is 79.9. The first-order chi connectivity index (χ1) is 9.65. The highest BCUT2D eigenvalue weighted by Gasteiger charge is 2.08. The number of hydrogen-bond donors (Lipinski definition) is 0. The Kier molecular flexibility index (Phi) is 4.98. The van der Waals surface area contributed by atoms with Crippen LogP contribution in [0.15, 0.2) is 40.2 Å². The normalized spacial score (nSPS) is 10.8. The lowest BCUT2D eigenvalue weighted by molar-refractivity contribution is 0.105. The van der Waals surface area contributed by atoms with Crippen LogP contribution in [-0.2, 0) is 0 Å². The molecule has 0 bridgehead atoms. The van der Waals surface area contributed by atoms with Crippen LogP contribution in [0.25, 0.3) is 6.08 Å². The maximum atomic E-state index is 12.0. The molecule has 20 heavy (non-hydrogen) atoms. The van der Waals surface area contributed by atoms with E-state index in [-0.39, 0.29) is 5.78 Å². The minimum Gasteiger partial charge on any atom is -0.493 e. The summed E-state index contributed by atoms with van der Waals surface area (Å²) in [6.07, 6.45) is 3.27. The Bertz CT molecular complexity index is 646. The summed E-state index contributed by atoms with van der Waals surface area (Å²) >= 11 is 4.74. The summed E-state index contributed by atoms with van der Waals surface area (Å²) in [5.41, 5.74) is 0.802. The van der Waals surface area contributed by atoms with E-state index in [0.717, 1.165) is 10.0 Å². The van der Waals surface area contributed by atoms with Crippen molar-refractivity contribution >= 4 is 39.1 Å². The van der Waals surface area contributed by atoms with E-state index in [9.17, 15) is 4.79 Å². The molecule has 0 aliphatic carbocycles. The number of carbonyl (C=O) groups is 1. The molecule has 1 heterocycles. The molecular weight excluding hydrogens is 340 g/mol. The molecule has 0 amide bonds. The number of allylic oxidation sites excluding steroid dienone is 1. The number of hydrogen-bond acceptors (Lipinski definition) is 4. The van der Waals surface area contributed by atoms with Gasteiger partial charge in [0.2, 0.25) is 0 Å². The lowest BCUT2D eigenvalue weighted by Gasteiger charge is -2.09. The first-order valence-electron chi connectivity index (χ1n) is 5.83. The van der Waals surface area contributed by atoms with Crippen molar-refractivity contribution in [3.05, 3.63) is 50.6 Å². The number of rotatable bonds is 5. The van der Waals surface area contributed by atoms with E-state index in [1.165, 1.54) is 17.4 Å². The number of ether oxygens (including phenoxy) is 2. The van der Waals surface area contributed by atoms with Crippen LogP contribution in [0.2, 0.25) is 0 Å². The lowest BCUT2D eigenvalue weighted by atomic mass is 10.1. The van der Waals surface area contributed by atoms with Crippen LogP contribution in [0.4, 0.5) is 0 Å². The van der Waals surface area contributed by atoms with Gasteiger partial charge in [0.25, 0.3) is 0 Å². The van der Waals surface area contributed by atoms with E-state index in [4.69, 9.17) is 9.47 Å². The van der Waals surface area contributed by atoms with Crippen LogP contribution in [0.1, 0.15) is 15.2 Å². The molecule has 0 aliphatic rings. The third-order valence-corrected chi connectivity index (χ3v) is 4.36. The SMILES string of the molecule is COc1cccc(/C=C/C(=O)c2cc(Br)cs2)c1OC. The molecular formula is C15H13BrO3S. The molecule has 0 N–H and O–H groups in total. The molecule has 0 unspecified atom stereocenters. The molecule has 5 heteroatoms. The van der Waals surface area contributed by atoms with Gasteiger partial charge in [0.15, 0.2) is 17.3 Å². The average molecular weight is 353 g/mol. The van der Waals surface area contributed by atoms with E-state index in [1.54, 1.807) is 26.4 Å². The molecule has 0 aliphatic heterocycles. The van der Waals surface area contributed by atoms with Crippen molar-refractivity contribution in [1.29, 1.82) is 0 Å². The molecule has 2 aromatic rings. The smallest absolute Gasteiger partial charge is 0.195 e. The second kappa shape index (κ2) is 6.72. The van der Waals surface area contributed by atoms with Gasteiger partial charge in [-0.05, 0) is 40.2 Å². The first kappa shape index (κ1) is 14.8. The Hall–Kier alpha value is -1.59. The van der Waals surface area contributed by atoms with Gasteiger partial charge in [-0.2, -0.15) is 0 Å². The maximum absolute atomic E-state index is 12.0. The summed E-state index contributed by atoms with van der Waals surface area (Å²) in [7, 11) is 3.16. The second-order valence-corrected chi connectivity index (χ2v) is 5.74. The highest BCUT2D eigenvalue weighted by molar-refractivity contribution is 9.10. The van der Waals surface area contributed by atoms with Crippen LogP contribution in [0.5, 0.6) is 11.5 Å². The average Bonchev–Trinajstić information content (AvgIpc) is 2.90. The Labute approximate surface area is 130 Å². The highest BCUT2D eigenvalue weighted by Crippen LogP contribution is 2.31. The molecule has 1 aromatic heterocycles. The Morgan fingerprint density at radius 3 is 2.70 bits per heavy atom. The standard InChI is InChI=1S/C15H13BrO3S/c1-18-13-5-3-4-10(15(13)19-2)6-7-12(17)14-8-11(16)9-20-14/h3-9H,1-2H3/b7-6+. The van der Waals surface area contributed by atoms with Gasteiger partial charge in [-0.25, -0.2) is 0 Å². The molecule has 0 saturated carbocycles. The number of methoxy groups -OCH3 is 2. The monoisotopic (exact) mass is 352 g/mol. The fourth-order valence-electron chi connectivity index (χ4n) is 1.73. The fraction of sp³-hybridized carbons (Fsp3) is 0.133. The fourth-order valence-corrected chi connectivity index (χ4v) is 3.08. The minimum atomic E-state index is -0.0365. The molecule has 0 spiro atoms. The third kappa shape index (κ3) is 3.29. The minimum absolute atomic E-state index is 0.0365. The molecule has 1 aromatic carbocycles. The summed E-state index contributed by atoms with van der Waals surface area (Å²) < 4.78 is 11.5. The van der Waals surface area contributed by atoms with Crippen molar-refractivity contribution in [1.82, 2.24) is 0 Å². The molecule has 0 atom stereocenters. The zero-order valence-electron chi connectivity index (χ0n) is 11.1. The van der Waals surface area contributed by atoms with Gasteiger partial charge in [0, 0.05) is 15.4 Å². The van der Waals surface area contributed by atoms with Gasteiger partial charge in [-0.15, -0.1) is 11.3 Å². The van der Waals surface area contributed by atoms with Crippen molar-refractivity contribution in [3.63, 3.8) is 0 Å². The summed E-state index contributed by atoms with van der Waals surface area (Å²) in [6, 6.07) is 7.34. The Morgan fingerprint density at radius 2 is 2.10 bits per heavy atom. The Morgan fingerprint density at radius 1 is 1.30 bits per heavy atom. The molecule has 104 valence electrons. The summed E-state index contributed by atoms with van der Waals surface area (Å²) in [6.45, 7) is 0. The predicted octanol–water partition coefficient (Wildman–Crippen LogP) is 4.42. The quantitative estimate of drug-likeness (QED) is 0.590. The number of ketones is 1. The van der Waals surface area contributed by atoms with Crippen LogP contribution in [-0.4, -0.2) is 20.0 Å². The number of halogens is 1. The molecule has 0 saturated heterocycles. The molecule has 2 rings (SSSR count). The van der Waals surface area contributed by atoms with Crippen LogP contribution in [0.3, 0.4) is 0 Å². The van der Waals surface area contributed by atoms with Crippen molar-refractivity contribution in [3.8, 4) is 11.5 Å². The zero-order chi connectivity index (χ0) is 14.5. The van der Waals surface area contributed by atoms with Crippen molar-refractivity contribution in [2.75, 3.05) is 14.2 Å². The summed E-state index contributed by atoms with van der Waals surface area (Å²) in [4.78, 5) is 12.7.